The van der Waals surface area contributed by atoms with Gasteiger partial charge in [0.25, 0.3) is 0 Å². The lowest BCUT2D eigenvalue weighted by atomic mass is 9.95. The van der Waals surface area contributed by atoms with Crippen LogP contribution in [-0.4, -0.2) is 21.6 Å². The van der Waals surface area contributed by atoms with Crippen molar-refractivity contribution in [3.05, 3.63) is 24.5 Å². The molecule has 5 heteroatoms. The molecule has 18 heavy (non-hydrogen) atoms. The van der Waals surface area contributed by atoms with E-state index in [1.165, 1.54) is 6.42 Å². The summed E-state index contributed by atoms with van der Waals surface area (Å²) in [6, 6.07) is 1.76. The first kappa shape index (κ1) is 11.1. The highest BCUT2D eigenvalue weighted by molar-refractivity contribution is 5.81. The molecule has 1 atom stereocenters. The lowest BCUT2D eigenvalue weighted by Gasteiger charge is -2.17. The highest BCUT2D eigenvalue weighted by Gasteiger charge is 2.13. The van der Waals surface area contributed by atoms with Crippen LogP contribution < -0.4 is 10.5 Å². The number of hydrogen-bond donors (Lipinski definition) is 2. The molecule has 0 aromatic carbocycles. The van der Waals surface area contributed by atoms with Gasteiger partial charge in [-0.25, -0.2) is 4.98 Å². The second kappa shape index (κ2) is 4.68. The molecule has 0 bridgehead atoms. The third-order valence-electron chi connectivity index (χ3n) is 3.23. The average Bonchev–Trinajstić information content (AvgIpc) is 2.85. The van der Waals surface area contributed by atoms with Crippen LogP contribution in [0.5, 0.6) is 5.88 Å². The van der Waals surface area contributed by atoms with Gasteiger partial charge in [0.2, 0.25) is 5.88 Å². The Bertz CT molecular complexity index is 575. The molecule has 2 heterocycles. The van der Waals surface area contributed by atoms with Crippen LogP contribution in [0.25, 0.3) is 11.0 Å². The van der Waals surface area contributed by atoms with Crippen molar-refractivity contribution in [2.45, 2.75) is 19.3 Å². The van der Waals surface area contributed by atoms with Crippen molar-refractivity contribution in [1.29, 1.82) is 0 Å². The first-order valence-corrected chi connectivity index (χ1v) is 6.20. The van der Waals surface area contributed by atoms with Gasteiger partial charge in [-0.05, 0) is 25.2 Å². The van der Waals surface area contributed by atoms with Crippen molar-refractivity contribution in [2.24, 2.45) is 5.92 Å². The summed E-state index contributed by atoms with van der Waals surface area (Å²) in [5.41, 5.74) is 7.35. The van der Waals surface area contributed by atoms with Gasteiger partial charge in [0.1, 0.15) is 5.82 Å². The number of allylic oxidation sites excluding steroid dienone is 2. The summed E-state index contributed by atoms with van der Waals surface area (Å²) in [5, 5.41) is 0. The van der Waals surface area contributed by atoms with E-state index >= 15 is 0 Å². The number of nitrogens with two attached hydrogens (primary N) is 1. The molecule has 0 saturated heterocycles. The molecule has 0 aliphatic heterocycles. The number of rotatable bonds is 3. The predicted octanol–water partition coefficient (Wildman–Crippen LogP) is 2.28. The minimum atomic E-state index is 0.449. The van der Waals surface area contributed by atoms with Crippen LogP contribution >= 0.6 is 0 Å². The molecule has 3 N–H and O–H groups in total. The van der Waals surface area contributed by atoms with E-state index in [1.54, 1.807) is 12.4 Å². The second-order valence-corrected chi connectivity index (χ2v) is 4.61. The van der Waals surface area contributed by atoms with Crippen molar-refractivity contribution < 1.29 is 4.74 Å². The molecule has 2 aromatic rings. The minimum Gasteiger partial charge on any atom is -0.476 e. The number of nitrogens with one attached hydrogen (secondary N) is 1. The Kier molecular flexibility index (Phi) is 2.88. The molecule has 0 saturated carbocycles. The number of nitrogen functional groups attached to an aromatic ring is 1. The fraction of sp³-hybridized carbons (Fsp3) is 0.385. The number of imidazole rings is 1. The molecule has 0 fully saturated rings. The fourth-order valence-electron chi connectivity index (χ4n) is 2.24. The number of anilines is 1. The van der Waals surface area contributed by atoms with Gasteiger partial charge in [0.15, 0.2) is 5.52 Å². The summed E-state index contributed by atoms with van der Waals surface area (Å²) in [5.74, 6) is 1.54. The molecule has 3 rings (SSSR count). The van der Waals surface area contributed by atoms with Crippen molar-refractivity contribution in [3.8, 4) is 5.88 Å². The lowest BCUT2D eigenvalue weighted by molar-refractivity contribution is 0.234. The van der Waals surface area contributed by atoms with Crippen LogP contribution in [0.15, 0.2) is 24.5 Å². The van der Waals surface area contributed by atoms with Gasteiger partial charge in [-0.2, -0.15) is 4.98 Å². The maximum Gasteiger partial charge on any atom is 0.244 e. The van der Waals surface area contributed by atoms with Crippen LogP contribution in [0.2, 0.25) is 0 Å². The third kappa shape index (κ3) is 2.16. The highest BCUT2D eigenvalue weighted by atomic mass is 16.5. The largest absolute Gasteiger partial charge is 0.476 e. The fourth-order valence-corrected chi connectivity index (χ4v) is 2.24. The number of pyridine rings is 1. The van der Waals surface area contributed by atoms with E-state index in [-0.39, 0.29) is 0 Å². The maximum absolute atomic E-state index is 5.79. The van der Waals surface area contributed by atoms with Crippen molar-refractivity contribution >= 4 is 16.9 Å². The van der Waals surface area contributed by atoms with Gasteiger partial charge in [-0.1, -0.05) is 12.2 Å². The number of H-pyrrole nitrogens is 1. The van der Waals surface area contributed by atoms with Crippen LogP contribution in [0.1, 0.15) is 19.3 Å². The molecule has 0 amide bonds. The molecule has 1 aliphatic rings. The van der Waals surface area contributed by atoms with Gasteiger partial charge in [-0.15, -0.1) is 0 Å². The average molecular weight is 244 g/mol. The molecular formula is C13H16N4O. The zero-order valence-corrected chi connectivity index (χ0v) is 10.1. The summed E-state index contributed by atoms with van der Waals surface area (Å²) in [6.07, 6.45) is 9.45. The molecule has 0 spiro atoms. The molecule has 94 valence electrons. The van der Waals surface area contributed by atoms with E-state index in [2.05, 4.69) is 27.1 Å². The lowest BCUT2D eigenvalue weighted by Crippen LogP contribution is -2.14. The van der Waals surface area contributed by atoms with Crippen LogP contribution in [0, 0.1) is 5.92 Å². The Morgan fingerprint density at radius 2 is 2.39 bits per heavy atom. The number of aromatic nitrogens is 3. The van der Waals surface area contributed by atoms with Crippen molar-refractivity contribution in [3.63, 3.8) is 0 Å². The monoisotopic (exact) mass is 244 g/mol. The Labute approximate surface area is 105 Å². The highest BCUT2D eigenvalue weighted by Crippen LogP contribution is 2.24. The summed E-state index contributed by atoms with van der Waals surface area (Å²) in [4.78, 5) is 11.4. The summed E-state index contributed by atoms with van der Waals surface area (Å²) >= 11 is 0. The first-order chi connectivity index (χ1) is 8.83. The van der Waals surface area contributed by atoms with Gasteiger partial charge < -0.3 is 15.5 Å². The molecule has 1 aliphatic carbocycles. The van der Waals surface area contributed by atoms with Crippen LogP contribution in [-0.2, 0) is 0 Å². The first-order valence-electron chi connectivity index (χ1n) is 6.20. The Morgan fingerprint density at radius 1 is 1.44 bits per heavy atom. The van der Waals surface area contributed by atoms with E-state index in [4.69, 9.17) is 10.5 Å². The summed E-state index contributed by atoms with van der Waals surface area (Å²) in [7, 11) is 0. The Balaban J connectivity index is 1.77. The van der Waals surface area contributed by atoms with Crippen LogP contribution in [0.3, 0.4) is 0 Å². The molecular weight excluding hydrogens is 228 g/mol. The molecule has 2 aromatic heterocycles. The van der Waals surface area contributed by atoms with Gasteiger partial charge in [0, 0.05) is 6.07 Å². The standard InChI is InChI=1S/C13H16N4O/c14-11-6-10-12(16-8-15-10)13(17-11)18-7-9-4-2-1-3-5-9/h1-2,6,8-9H,3-5,7H2,(H2,14,17)(H,15,16)/t9-/m1/s1. The number of aromatic amines is 1. The maximum atomic E-state index is 5.79. The van der Waals surface area contributed by atoms with Crippen molar-refractivity contribution in [1.82, 2.24) is 15.0 Å². The van der Waals surface area contributed by atoms with Gasteiger partial charge in [-0.3, -0.25) is 0 Å². The number of nitrogens with zero attached hydrogens (tertiary/aromatic N) is 2. The predicted molar refractivity (Wildman–Crippen MR) is 70.3 cm³/mol. The number of ether oxygens (including phenoxy) is 1. The summed E-state index contributed by atoms with van der Waals surface area (Å²) in [6.45, 7) is 0.669. The third-order valence-corrected chi connectivity index (χ3v) is 3.23. The SMILES string of the molecule is Nc1cc2[nH]cnc2c(OC[C@@H]2CC=CCC2)n1. The number of fused-ring (bicyclic) bond motifs is 1. The molecule has 5 nitrogen and oxygen atoms in total. The van der Waals surface area contributed by atoms with Crippen LogP contribution in [0.4, 0.5) is 5.82 Å². The zero-order valence-electron chi connectivity index (χ0n) is 10.1. The van der Waals surface area contributed by atoms with E-state index in [9.17, 15) is 0 Å². The topological polar surface area (TPSA) is 76.8 Å². The number of hydrogen-bond acceptors (Lipinski definition) is 4. The van der Waals surface area contributed by atoms with E-state index < -0.39 is 0 Å². The van der Waals surface area contributed by atoms with Gasteiger partial charge >= 0.3 is 0 Å². The molecule has 0 unspecified atom stereocenters. The van der Waals surface area contributed by atoms with E-state index in [0.717, 1.165) is 23.9 Å². The van der Waals surface area contributed by atoms with E-state index in [0.29, 0.717) is 24.2 Å². The summed E-state index contributed by atoms with van der Waals surface area (Å²) < 4.78 is 5.79. The normalized spacial score (nSPS) is 19.2. The van der Waals surface area contributed by atoms with E-state index in [1.807, 2.05) is 0 Å². The quantitative estimate of drug-likeness (QED) is 0.812. The zero-order chi connectivity index (χ0) is 12.4. The van der Waals surface area contributed by atoms with Crippen molar-refractivity contribution in [2.75, 3.05) is 12.3 Å². The minimum absolute atomic E-state index is 0.449. The van der Waals surface area contributed by atoms with Gasteiger partial charge in [0.05, 0.1) is 18.5 Å². The Hall–Kier alpha value is -2.04. The Morgan fingerprint density at radius 3 is 3.22 bits per heavy atom. The second-order valence-electron chi connectivity index (χ2n) is 4.61. The smallest absolute Gasteiger partial charge is 0.244 e. The molecule has 0 radical (unpaired) electrons.